The van der Waals surface area contributed by atoms with Crippen molar-refractivity contribution in [2.45, 2.75) is 62.8 Å². The largest absolute Gasteiger partial charge is 0.481 e. The third-order valence-corrected chi connectivity index (χ3v) is 7.10. The molecule has 35 heavy (non-hydrogen) atoms. The molecule has 0 radical (unpaired) electrons. The van der Waals surface area contributed by atoms with E-state index in [2.05, 4.69) is 0 Å². The van der Waals surface area contributed by atoms with E-state index in [9.17, 15) is 9.90 Å². The first-order valence-corrected chi connectivity index (χ1v) is 12.0. The van der Waals surface area contributed by atoms with Crippen molar-refractivity contribution in [3.8, 4) is 16.9 Å². The number of piperidine rings is 1. The molecule has 5 rings (SSSR count). The summed E-state index contributed by atoms with van der Waals surface area (Å²) in [5, 5.41) is 10.4. The highest BCUT2D eigenvalue weighted by atomic mass is 19.3. The molecule has 0 aliphatic carbocycles. The number of carbonyl (C=O) groups excluding carboxylic acids is 1. The molecular formula is C27H31F2NO5. The van der Waals surface area contributed by atoms with Crippen LogP contribution >= 0.6 is 0 Å². The molecule has 1 spiro atoms. The molecule has 3 aliphatic heterocycles. The van der Waals surface area contributed by atoms with Gasteiger partial charge in [-0.05, 0) is 49.6 Å². The number of hydrogen-bond donors (Lipinski definition) is 1. The first-order chi connectivity index (χ1) is 16.4. The lowest BCUT2D eigenvalue weighted by Crippen LogP contribution is -2.62. The van der Waals surface area contributed by atoms with Crippen molar-refractivity contribution >= 4 is 6.09 Å². The van der Waals surface area contributed by atoms with Crippen molar-refractivity contribution < 1.29 is 32.9 Å². The Balaban J connectivity index is 1.32. The summed E-state index contributed by atoms with van der Waals surface area (Å²) in [5.74, 6) is -2.61. The lowest BCUT2D eigenvalue weighted by molar-refractivity contribution is -0.194. The van der Waals surface area contributed by atoms with Crippen LogP contribution in [0.3, 0.4) is 0 Å². The van der Waals surface area contributed by atoms with Gasteiger partial charge in [-0.2, -0.15) is 0 Å². The summed E-state index contributed by atoms with van der Waals surface area (Å²) in [5.41, 5.74) is -0.307. The van der Waals surface area contributed by atoms with Gasteiger partial charge >= 0.3 is 6.09 Å². The molecule has 0 saturated carbocycles. The van der Waals surface area contributed by atoms with Gasteiger partial charge in [0.2, 0.25) is 0 Å². The molecule has 1 amide bonds. The highest BCUT2D eigenvalue weighted by molar-refractivity contribution is 5.68. The van der Waals surface area contributed by atoms with Crippen LogP contribution in [-0.2, 0) is 21.5 Å². The van der Waals surface area contributed by atoms with Crippen molar-refractivity contribution in [2.24, 2.45) is 0 Å². The first-order valence-electron chi connectivity index (χ1n) is 12.0. The van der Waals surface area contributed by atoms with Crippen LogP contribution in [0, 0.1) is 0 Å². The molecule has 6 nitrogen and oxygen atoms in total. The van der Waals surface area contributed by atoms with E-state index in [1.54, 1.807) is 32.9 Å². The van der Waals surface area contributed by atoms with Gasteiger partial charge in [0.15, 0.2) is 5.60 Å². The minimum atomic E-state index is -3.07. The van der Waals surface area contributed by atoms with Crippen molar-refractivity contribution in [1.29, 1.82) is 0 Å². The number of nitrogens with zero attached hydrogens (tertiary/aromatic N) is 1. The van der Waals surface area contributed by atoms with E-state index in [4.69, 9.17) is 14.2 Å². The van der Waals surface area contributed by atoms with E-state index in [0.717, 1.165) is 16.7 Å². The van der Waals surface area contributed by atoms with Crippen LogP contribution in [0.15, 0.2) is 42.5 Å². The average Bonchev–Trinajstić information content (AvgIpc) is 2.77. The zero-order valence-electron chi connectivity index (χ0n) is 20.3. The standard InChI is InChI=1S/C27H31F2NO5/c1-24(2,3)35-23(31)30-12-10-26(11-13-30)27(28,29)15-20-14-19(6-9-22(20)34-26)18-4-7-21(8-5-18)25(32)16-33-17-25/h4-9,14,32H,10-13,15-17H2,1-3H3. The second kappa shape index (κ2) is 8.17. The molecule has 2 saturated heterocycles. The maximum absolute atomic E-state index is 15.5. The monoisotopic (exact) mass is 487 g/mol. The van der Waals surface area contributed by atoms with E-state index >= 15 is 8.78 Å². The summed E-state index contributed by atoms with van der Waals surface area (Å²) in [6.07, 6.45) is -0.833. The fraction of sp³-hybridized carbons (Fsp3) is 0.519. The molecule has 188 valence electrons. The Kier molecular flexibility index (Phi) is 5.60. The molecule has 2 aromatic rings. The van der Waals surface area contributed by atoms with Crippen molar-refractivity contribution in [1.82, 2.24) is 4.90 Å². The smallest absolute Gasteiger partial charge is 0.410 e. The van der Waals surface area contributed by atoms with E-state index in [-0.39, 0.29) is 39.1 Å². The molecule has 2 aromatic carbocycles. The highest BCUT2D eigenvalue weighted by Gasteiger charge is 2.60. The minimum Gasteiger partial charge on any atom is -0.481 e. The second-order valence-electron chi connectivity index (χ2n) is 10.9. The number of amides is 1. The van der Waals surface area contributed by atoms with Crippen molar-refractivity contribution in [3.05, 3.63) is 53.6 Å². The number of likely N-dealkylation sites (tertiary alicyclic amines) is 1. The Morgan fingerprint density at radius 1 is 1.03 bits per heavy atom. The molecule has 0 aromatic heterocycles. The predicted octanol–water partition coefficient (Wildman–Crippen LogP) is 4.91. The third-order valence-electron chi connectivity index (χ3n) is 7.10. The van der Waals surface area contributed by atoms with Crippen LogP contribution in [0.4, 0.5) is 13.6 Å². The number of alkyl halides is 2. The maximum Gasteiger partial charge on any atom is 0.410 e. The van der Waals surface area contributed by atoms with Crippen LogP contribution in [0.25, 0.3) is 11.1 Å². The molecule has 3 heterocycles. The van der Waals surface area contributed by atoms with Crippen LogP contribution in [0.5, 0.6) is 5.75 Å². The quantitative estimate of drug-likeness (QED) is 0.652. The van der Waals surface area contributed by atoms with Gasteiger partial charge in [0.05, 0.1) is 13.2 Å². The van der Waals surface area contributed by atoms with E-state index < -0.39 is 35.2 Å². The maximum atomic E-state index is 15.5. The van der Waals surface area contributed by atoms with Gasteiger partial charge in [0.25, 0.3) is 5.92 Å². The summed E-state index contributed by atoms with van der Waals surface area (Å²) < 4.78 is 47.5. The third kappa shape index (κ3) is 4.38. The molecule has 0 bridgehead atoms. The Labute approximate surface area is 203 Å². The normalized spacial score (nSPS) is 22.1. The lowest BCUT2D eigenvalue weighted by Gasteiger charge is -2.48. The van der Waals surface area contributed by atoms with Crippen LogP contribution in [-0.4, -0.2) is 59.5 Å². The van der Waals surface area contributed by atoms with Gasteiger partial charge in [-0.25, -0.2) is 13.6 Å². The number of benzene rings is 2. The van der Waals surface area contributed by atoms with Gasteiger partial charge in [0, 0.05) is 37.9 Å². The summed E-state index contributed by atoms with van der Waals surface area (Å²) in [6.45, 7) is 6.19. The van der Waals surface area contributed by atoms with Crippen LogP contribution in [0.2, 0.25) is 0 Å². The first kappa shape index (κ1) is 24.0. The van der Waals surface area contributed by atoms with Gasteiger partial charge in [-0.15, -0.1) is 0 Å². The van der Waals surface area contributed by atoms with Crippen LogP contribution in [0.1, 0.15) is 44.7 Å². The zero-order chi connectivity index (χ0) is 25.1. The van der Waals surface area contributed by atoms with E-state index in [0.29, 0.717) is 11.3 Å². The Bertz CT molecular complexity index is 1110. The Morgan fingerprint density at radius 3 is 2.23 bits per heavy atom. The van der Waals surface area contributed by atoms with Crippen molar-refractivity contribution in [3.63, 3.8) is 0 Å². The molecule has 3 aliphatic rings. The summed E-state index contributed by atoms with van der Waals surface area (Å²) in [4.78, 5) is 13.8. The SMILES string of the molecule is CC(C)(C)OC(=O)N1CCC2(CC1)Oc1ccc(-c3ccc(C4(O)COC4)cc3)cc1CC2(F)F. The molecular weight excluding hydrogens is 456 g/mol. The van der Waals surface area contributed by atoms with E-state index in [1.165, 1.54) is 4.90 Å². The zero-order valence-corrected chi connectivity index (χ0v) is 20.3. The topological polar surface area (TPSA) is 68.2 Å². The number of hydrogen-bond acceptors (Lipinski definition) is 5. The van der Waals surface area contributed by atoms with Crippen molar-refractivity contribution in [2.75, 3.05) is 26.3 Å². The second-order valence-corrected chi connectivity index (χ2v) is 10.9. The molecule has 0 unspecified atom stereocenters. The average molecular weight is 488 g/mol. The Morgan fingerprint density at radius 2 is 1.66 bits per heavy atom. The van der Waals surface area contributed by atoms with Gasteiger partial charge in [0.1, 0.15) is 17.0 Å². The van der Waals surface area contributed by atoms with E-state index in [1.807, 2.05) is 30.3 Å². The summed E-state index contributed by atoms with van der Waals surface area (Å²) >= 11 is 0. The lowest BCUT2D eigenvalue weighted by atomic mass is 9.79. The minimum absolute atomic E-state index is 0.0362. The fourth-order valence-corrected chi connectivity index (χ4v) is 4.96. The number of aliphatic hydroxyl groups is 1. The summed E-state index contributed by atoms with van der Waals surface area (Å²) in [6, 6.07) is 12.8. The highest BCUT2D eigenvalue weighted by Crippen LogP contribution is 2.49. The van der Waals surface area contributed by atoms with Gasteiger partial charge in [-0.1, -0.05) is 30.3 Å². The number of carbonyl (C=O) groups is 1. The number of fused-ring (bicyclic) bond motifs is 1. The van der Waals surface area contributed by atoms with Crippen LogP contribution < -0.4 is 4.74 Å². The number of halogens is 2. The number of rotatable bonds is 2. The number of ether oxygens (including phenoxy) is 3. The van der Waals surface area contributed by atoms with Gasteiger partial charge in [-0.3, -0.25) is 0 Å². The predicted molar refractivity (Wildman–Crippen MR) is 126 cm³/mol. The van der Waals surface area contributed by atoms with Gasteiger partial charge < -0.3 is 24.2 Å². The summed E-state index contributed by atoms with van der Waals surface area (Å²) in [7, 11) is 0. The molecule has 0 atom stereocenters. The molecule has 1 N–H and O–H groups in total. The fourth-order valence-electron chi connectivity index (χ4n) is 4.96. The Hall–Kier alpha value is -2.71. The molecule has 2 fully saturated rings. The molecule has 8 heteroatoms.